The summed E-state index contributed by atoms with van der Waals surface area (Å²) in [5, 5.41) is 21.4. The highest BCUT2D eigenvalue weighted by molar-refractivity contribution is 9.10. The van der Waals surface area contributed by atoms with Gasteiger partial charge in [0.05, 0.1) is 5.56 Å². The van der Waals surface area contributed by atoms with E-state index in [4.69, 9.17) is 0 Å². The normalized spacial score (nSPS) is 10.6. The number of phenols is 1. The number of anilines is 1. The molecule has 2 rings (SSSR count). The van der Waals surface area contributed by atoms with Crippen LogP contribution in [-0.4, -0.2) is 26.4 Å². The van der Waals surface area contributed by atoms with Crippen molar-refractivity contribution in [3.05, 3.63) is 22.7 Å². The first-order valence-electron chi connectivity index (χ1n) is 5.83. The van der Waals surface area contributed by atoms with Crippen molar-refractivity contribution in [3.8, 4) is 17.1 Å². The summed E-state index contributed by atoms with van der Waals surface area (Å²) in [6.07, 6.45) is 0. The maximum Gasteiger partial charge on any atom is 0.224 e. The molecule has 2 N–H and O–H groups in total. The molecule has 1 aromatic heterocycles. The van der Waals surface area contributed by atoms with Crippen LogP contribution in [0, 0.1) is 0 Å². The summed E-state index contributed by atoms with van der Waals surface area (Å²) in [5.74, 6) is 1.57. The maximum atomic E-state index is 9.97. The molecule has 96 valence electrons. The first-order valence-corrected chi connectivity index (χ1v) is 6.62. The second kappa shape index (κ2) is 5.39. The summed E-state index contributed by atoms with van der Waals surface area (Å²) in [6.45, 7) is 5.54. The molecule has 0 saturated heterocycles. The number of hydrogen-bond donors (Lipinski definition) is 2. The Morgan fingerprint density at radius 1 is 1.33 bits per heavy atom. The lowest BCUT2D eigenvalue weighted by Crippen LogP contribution is -2.06. The zero-order valence-electron chi connectivity index (χ0n) is 10.3. The van der Waals surface area contributed by atoms with Crippen LogP contribution in [0.5, 0.6) is 5.75 Å². The van der Waals surface area contributed by atoms with Gasteiger partial charge in [0.2, 0.25) is 5.95 Å². The lowest BCUT2D eigenvalue weighted by Gasteiger charge is -2.09. The van der Waals surface area contributed by atoms with Crippen molar-refractivity contribution in [2.24, 2.45) is 0 Å². The molecule has 6 heteroatoms. The largest absolute Gasteiger partial charge is 0.507 e. The summed E-state index contributed by atoms with van der Waals surface area (Å²) in [4.78, 5) is 0. The summed E-state index contributed by atoms with van der Waals surface area (Å²) in [5.41, 5.74) is 0.678. The van der Waals surface area contributed by atoms with Crippen LogP contribution in [0.15, 0.2) is 22.7 Å². The number of aromatic hydroxyl groups is 1. The van der Waals surface area contributed by atoms with Crippen LogP contribution < -0.4 is 5.32 Å². The van der Waals surface area contributed by atoms with E-state index in [9.17, 15) is 5.11 Å². The van der Waals surface area contributed by atoms with Gasteiger partial charge in [0, 0.05) is 17.6 Å². The Morgan fingerprint density at radius 3 is 2.72 bits per heavy atom. The third kappa shape index (κ3) is 2.33. The van der Waals surface area contributed by atoms with Crippen molar-refractivity contribution < 1.29 is 5.11 Å². The van der Waals surface area contributed by atoms with E-state index in [-0.39, 0.29) is 5.75 Å². The highest BCUT2D eigenvalue weighted by Gasteiger charge is 2.15. The average Bonchev–Trinajstić information content (AvgIpc) is 2.72. The number of nitrogens with zero attached hydrogens (tertiary/aromatic N) is 3. The van der Waals surface area contributed by atoms with Crippen LogP contribution in [0.2, 0.25) is 0 Å². The zero-order valence-corrected chi connectivity index (χ0v) is 11.9. The molecule has 0 amide bonds. The van der Waals surface area contributed by atoms with Crippen LogP contribution in [0.1, 0.15) is 13.8 Å². The number of rotatable bonds is 4. The third-order valence-corrected chi connectivity index (χ3v) is 3.10. The van der Waals surface area contributed by atoms with E-state index < -0.39 is 0 Å². The number of hydrogen-bond acceptors (Lipinski definition) is 4. The minimum absolute atomic E-state index is 0.189. The molecule has 0 aliphatic rings. The third-order valence-electron chi connectivity index (χ3n) is 2.60. The smallest absolute Gasteiger partial charge is 0.224 e. The van der Waals surface area contributed by atoms with E-state index in [0.29, 0.717) is 11.4 Å². The number of phenolic OH excluding ortho intramolecular Hbond substituents is 1. The Morgan fingerprint density at radius 2 is 2.11 bits per heavy atom. The lowest BCUT2D eigenvalue weighted by molar-refractivity contribution is 0.476. The van der Waals surface area contributed by atoms with Crippen LogP contribution in [-0.2, 0) is 6.54 Å². The summed E-state index contributed by atoms with van der Waals surface area (Å²) in [7, 11) is 0. The molecular formula is C12H15BrN4O. The molecule has 1 aromatic carbocycles. The van der Waals surface area contributed by atoms with Gasteiger partial charge in [-0.25, -0.2) is 0 Å². The molecule has 5 nitrogen and oxygen atoms in total. The SMILES string of the molecule is CCNc1nnc(-c2ccc(Br)cc2O)n1CC. The summed E-state index contributed by atoms with van der Waals surface area (Å²) < 4.78 is 2.77. The molecule has 0 unspecified atom stereocenters. The van der Waals surface area contributed by atoms with Gasteiger partial charge in [-0.2, -0.15) is 0 Å². The second-order valence-corrected chi connectivity index (χ2v) is 4.70. The fourth-order valence-electron chi connectivity index (χ4n) is 1.78. The van der Waals surface area contributed by atoms with Crippen molar-refractivity contribution in [3.63, 3.8) is 0 Å². The molecule has 0 aliphatic heterocycles. The fourth-order valence-corrected chi connectivity index (χ4v) is 2.13. The number of halogens is 1. The molecule has 0 spiro atoms. The van der Waals surface area contributed by atoms with Crippen LogP contribution in [0.3, 0.4) is 0 Å². The predicted octanol–water partition coefficient (Wildman–Crippen LogP) is 2.86. The van der Waals surface area contributed by atoms with Gasteiger partial charge in [-0.15, -0.1) is 10.2 Å². The quantitative estimate of drug-likeness (QED) is 0.911. The zero-order chi connectivity index (χ0) is 13.1. The lowest BCUT2D eigenvalue weighted by atomic mass is 10.2. The van der Waals surface area contributed by atoms with Gasteiger partial charge in [-0.3, -0.25) is 4.57 Å². The van der Waals surface area contributed by atoms with Crippen molar-refractivity contribution in [2.45, 2.75) is 20.4 Å². The summed E-state index contributed by atoms with van der Waals surface area (Å²) >= 11 is 3.32. The number of aromatic nitrogens is 3. The molecule has 18 heavy (non-hydrogen) atoms. The molecule has 1 heterocycles. The molecular weight excluding hydrogens is 296 g/mol. The maximum absolute atomic E-state index is 9.97. The highest BCUT2D eigenvalue weighted by Crippen LogP contribution is 2.31. The van der Waals surface area contributed by atoms with Crippen LogP contribution >= 0.6 is 15.9 Å². The van der Waals surface area contributed by atoms with Crippen molar-refractivity contribution in [1.82, 2.24) is 14.8 Å². The molecule has 0 bridgehead atoms. The van der Waals surface area contributed by atoms with Gasteiger partial charge < -0.3 is 10.4 Å². The second-order valence-electron chi connectivity index (χ2n) is 3.78. The topological polar surface area (TPSA) is 63.0 Å². The highest BCUT2D eigenvalue weighted by atomic mass is 79.9. The fraction of sp³-hybridized carbons (Fsp3) is 0.333. The Hall–Kier alpha value is -1.56. The van der Waals surface area contributed by atoms with Crippen molar-refractivity contribution in [1.29, 1.82) is 0 Å². The minimum atomic E-state index is 0.189. The van der Waals surface area contributed by atoms with Crippen molar-refractivity contribution in [2.75, 3.05) is 11.9 Å². The van der Waals surface area contributed by atoms with E-state index in [1.165, 1.54) is 0 Å². The number of benzene rings is 1. The molecule has 0 aliphatic carbocycles. The van der Waals surface area contributed by atoms with E-state index in [2.05, 4.69) is 31.4 Å². The van der Waals surface area contributed by atoms with E-state index >= 15 is 0 Å². The average molecular weight is 311 g/mol. The Labute approximate surface area is 114 Å². The first kappa shape index (κ1) is 12.9. The monoisotopic (exact) mass is 310 g/mol. The molecule has 0 fully saturated rings. The van der Waals surface area contributed by atoms with Gasteiger partial charge >= 0.3 is 0 Å². The first-order chi connectivity index (χ1) is 8.67. The van der Waals surface area contributed by atoms with E-state index in [1.54, 1.807) is 6.07 Å². The number of nitrogens with one attached hydrogen (secondary N) is 1. The van der Waals surface area contributed by atoms with Gasteiger partial charge in [0.1, 0.15) is 5.75 Å². The van der Waals surface area contributed by atoms with E-state index in [0.717, 1.165) is 23.5 Å². The Kier molecular flexibility index (Phi) is 3.86. The van der Waals surface area contributed by atoms with Gasteiger partial charge in [-0.05, 0) is 32.0 Å². The molecule has 0 radical (unpaired) electrons. The van der Waals surface area contributed by atoms with Gasteiger partial charge in [-0.1, -0.05) is 15.9 Å². The predicted molar refractivity (Wildman–Crippen MR) is 74.7 cm³/mol. The summed E-state index contributed by atoms with van der Waals surface area (Å²) in [6, 6.07) is 5.35. The van der Waals surface area contributed by atoms with Gasteiger partial charge in [0.25, 0.3) is 0 Å². The minimum Gasteiger partial charge on any atom is -0.507 e. The Bertz CT molecular complexity index is 553. The van der Waals surface area contributed by atoms with Crippen LogP contribution in [0.4, 0.5) is 5.95 Å². The Balaban J connectivity index is 2.50. The molecule has 0 saturated carbocycles. The van der Waals surface area contributed by atoms with Gasteiger partial charge in [0.15, 0.2) is 5.82 Å². The molecule has 2 aromatic rings. The van der Waals surface area contributed by atoms with Crippen LogP contribution in [0.25, 0.3) is 11.4 Å². The van der Waals surface area contributed by atoms with Crippen molar-refractivity contribution >= 4 is 21.9 Å². The molecule has 0 atom stereocenters. The standard InChI is InChI=1S/C12H15BrN4O/c1-3-14-12-16-15-11(17(12)4-2)9-6-5-8(13)7-10(9)18/h5-7,18H,3-4H2,1-2H3,(H,14,16). The van der Waals surface area contributed by atoms with E-state index in [1.807, 2.05) is 30.5 Å².